The summed E-state index contributed by atoms with van der Waals surface area (Å²) < 4.78 is 23.6. The van der Waals surface area contributed by atoms with Crippen LogP contribution in [0.15, 0.2) is 47.6 Å². The molecule has 4 bridgehead atoms. The van der Waals surface area contributed by atoms with Crippen LogP contribution in [0.2, 0.25) is 0 Å². The van der Waals surface area contributed by atoms with E-state index in [1.807, 2.05) is 18.3 Å². The Balaban J connectivity index is 1.06. The van der Waals surface area contributed by atoms with E-state index in [1.165, 1.54) is 25.7 Å². The Morgan fingerprint density at radius 1 is 1.07 bits per heavy atom. The van der Waals surface area contributed by atoms with Crippen molar-refractivity contribution in [3.8, 4) is 11.7 Å². The minimum atomic E-state index is -1.82. The molecule has 0 aromatic carbocycles. The first-order valence-electron chi connectivity index (χ1n) is 15.7. The van der Waals surface area contributed by atoms with E-state index in [0.717, 1.165) is 44.7 Å². The fraction of sp³-hybridized carbons (Fsp3) is 0.562. The molecule has 226 valence electrons. The third kappa shape index (κ3) is 4.62. The maximum atomic E-state index is 13.6. The van der Waals surface area contributed by atoms with Gasteiger partial charge in [-0.15, -0.1) is 5.10 Å². The number of carbonyl (C=O) groups excluding carboxylic acids is 1. The molecular weight excluding hydrogens is 562 g/mol. The number of nitrogens with zero attached hydrogens (tertiary/aromatic N) is 5. The lowest BCUT2D eigenvalue weighted by Crippen LogP contribution is -2.40. The molecule has 0 radical (unpaired) electrons. The van der Waals surface area contributed by atoms with Crippen LogP contribution in [-0.2, 0) is 11.0 Å². The van der Waals surface area contributed by atoms with Gasteiger partial charge in [-0.1, -0.05) is 6.07 Å². The smallest absolute Gasteiger partial charge is 0.267 e. The molecule has 2 unspecified atom stereocenters. The van der Waals surface area contributed by atoms with E-state index < -0.39 is 16.9 Å². The van der Waals surface area contributed by atoms with Gasteiger partial charge in [0, 0.05) is 30.9 Å². The van der Waals surface area contributed by atoms with Gasteiger partial charge in [-0.25, -0.2) is 18.9 Å². The van der Waals surface area contributed by atoms with Gasteiger partial charge in [0.25, 0.3) is 5.91 Å². The summed E-state index contributed by atoms with van der Waals surface area (Å²) in [6, 6.07) is 10.7. The number of nitrogens with one attached hydrogen (secondary N) is 2. The van der Waals surface area contributed by atoms with Crippen molar-refractivity contribution in [3.63, 3.8) is 0 Å². The number of anilines is 2. The van der Waals surface area contributed by atoms with Crippen LogP contribution >= 0.6 is 0 Å². The summed E-state index contributed by atoms with van der Waals surface area (Å²) in [5, 5.41) is 8.32. The van der Waals surface area contributed by atoms with Gasteiger partial charge in [0.2, 0.25) is 5.88 Å². The zero-order valence-corrected chi connectivity index (χ0v) is 25.7. The molecule has 2 N–H and O–H groups in total. The first-order chi connectivity index (χ1) is 20.8. The first kappa shape index (κ1) is 27.1. The number of aromatic nitrogens is 4. The molecule has 2 atom stereocenters. The van der Waals surface area contributed by atoms with Gasteiger partial charge < -0.3 is 15.0 Å². The van der Waals surface area contributed by atoms with Crippen LogP contribution in [0.5, 0.6) is 5.88 Å². The van der Waals surface area contributed by atoms with E-state index in [4.69, 9.17) is 9.72 Å². The Labute approximate surface area is 254 Å². The van der Waals surface area contributed by atoms with Crippen molar-refractivity contribution in [1.82, 2.24) is 24.5 Å². The zero-order valence-electron chi connectivity index (χ0n) is 24.8. The largest absolute Gasteiger partial charge is 0.477 e. The van der Waals surface area contributed by atoms with Crippen molar-refractivity contribution in [1.29, 1.82) is 0 Å². The minimum absolute atomic E-state index is 0.208. The van der Waals surface area contributed by atoms with Crippen LogP contribution in [-0.4, -0.2) is 55.1 Å². The van der Waals surface area contributed by atoms with Crippen molar-refractivity contribution in [2.75, 3.05) is 29.9 Å². The Morgan fingerprint density at radius 3 is 2.67 bits per heavy atom. The predicted octanol–water partition coefficient (Wildman–Crippen LogP) is 4.88. The Morgan fingerprint density at radius 2 is 1.88 bits per heavy atom. The number of amides is 1. The third-order valence-electron chi connectivity index (χ3n) is 10.8. The van der Waals surface area contributed by atoms with E-state index in [9.17, 15) is 9.00 Å². The summed E-state index contributed by atoms with van der Waals surface area (Å²) in [6.45, 7) is 6.66. The molecule has 43 heavy (non-hydrogen) atoms. The van der Waals surface area contributed by atoms with Crippen LogP contribution in [0.1, 0.15) is 75.6 Å². The molecule has 3 saturated carbocycles. The number of hydrogen-bond donors (Lipinski definition) is 2. The molecule has 1 saturated heterocycles. The van der Waals surface area contributed by atoms with Crippen molar-refractivity contribution in [2.45, 2.75) is 75.8 Å². The molecule has 1 amide bonds. The maximum Gasteiger partial charge on any atom is 0.267 e. The van der Waals surface area contributed by atoms with Crippen molar-refractivity contribution < 1.29 is 13.7 Å². The predicted molar refractivity (Wildman–Crippen MR) is 164 cm³/mol. The average Bonchev–Trinajstić information content (AvgIpc) is 3.94. The quantitative estimate of drug-likeness (QED) is 0.425. The molecule has 11 heteroatoms. The summed E-state index contributed by atoms with van der Waals surface area (Å²) in [5.74, 6) is 3.28. The molecule has 3 aromatic rings. The van der Waals surface area contributed by atoms with Crippen molar-refractivity contribution >= 4 is 28.5 Å². The van der Waals surface area contributed by atoms with E-state index in [2.05, 4.69) is 38.9 Å². The van der Waals surface area contributed by atoms with Gasteiger partial charge in [0.1, 0.15) is 11.6 Å². The topological polar surface area (TPSA) is 114 Å². The van der Waals surface area contributed by atoms with E-state index >= 15 is 0 Å². The van der Waals surface area contributed by atoms with Gasteiger partial charge in [0.05, 0.1) is 12.2 Å². The highest BCUT2D eigenvalue weighted by molar-refractivity contribution is 7.83. The second-order valence-corrected chi connectivity index (χ2v) is 14.9. The number of carbonyl (C=O) groups is 1. The zero-order chi connectivity index (χ0) is 29.4. The molecule has 8 rings (SSSR count). The summed E-state index contributed by atoms with van der Waals surface area (Å²) in [4.78, 5) is 25.3. The summed E-state index contributed by atoms with van der Waals surface area (Å²) in [5.41, 5.74) is 1.55. The highest BCUT2D eigenvalue weighted by Gasteiger charge is 2.85. The summed E-state index contributed by atoms with van der Waals surface area (Å²) >= 11 is 0. The molecule has 10 nitrogen and oxygen atoms in total. The van der Waals surface area contributed by atoms with E-state index in [0.29, 0.717) is 57.3 Å². The monoisotopic (exact) mass is 601 g/mol. The summed E-state index contributed by atoms with van der Waals surface area (Å²) in [7, 11) is -1.82. The van der Waals surface area contributed by atoms with Crippen molar-refractivity contribution in [2.24, 2.45) is 22.7 Å². The average molecular weight is 602 g/mol. The maximum absolute atomic E-state index is 13.6. The lowest BCUT2D eigenvalue weighted by molar-refractivity contribution is 0.0983. The van der Waals surface area contributed by atoms with Crippen LogP contribution in [0.25, 0.3) is 5.82 Å². The highest BCUT2D eigenvalue weighted by atomic mass is 32.2. The molecule has 3 aliphatic carbocycles. The highest BCUT2D eigenvalue weighted by Crippen LogP contribution is 2.93. The van der Waals surface area contributed by atoms with Gasteiger partial charge in [0.15, 0.2) is 21.8 Å². The number of pyridine rings is 2. The molecule has 5 heterocycles. The lowest BCUT2D eigenvalue weighted by Gasteiger charge is -2.34. The van der Waals surface area contributed by atoms with Crippen LogP contribution in [0.4, 0.5) is 11.6 Å². The molecule has 3 aromatic heterocycles. The van der Waals surface area contributed by atoms with Crippen LogP contribution in [0.3, 0.4) is 0 Å². The Kier molecular flexibility index (Phi) is 6.16. The van der Waals surface area contributed by atoms with Crippen LogP contribution in [0, 0.1) is 22.7 Å². The number of ether oxygens (including phenoxy) is 1. The summed E-state index contributed by atoms with van der Waals surface area (Å²) in [6.07, 6.45) is 11.7. The third-order valence-corrected chi connectivity index (χ3v) is 11.8. The Hall–Kier alpha value is -3.47. The number of hydrogen-bond acceptors (Lipinski definition) is 8. The SMILES string of the molecule is CC1(C)CC2CCCNc3cccc(n3)S(=O)NC(=O)c3ccc(-n4ccc(OCCC5C6(CC6)C56CC6)n4)nc3N1C2. The lowest BCUT2D eigenvalue weighted by atomic mass is 9.93. The van der Waals surface area contributed by atoms with Gasteiger partial charge in [-0.3, -0.25) is 9.52 Å². The fourth-order valence-corrected chi connectivity index (χ4v) is 9.23. The molecule has 2 spiro atoms. The second kappa shape index (κ2) is 9.77. The molecule has 4 fully saturated rings. The second-order valence-electron chi connectivity index (χ2n) is 13.8. The molecule has 2 aliphatic heterocycles. The molecular formula is C32H39N7O3S. The number of fused-ring (bicyclic) bond motifs is 7. The van der Waals surface area contributed by atoms with Gasteiger partial charge in [-0.05, 0) is 112 Å². The van der Waals surface area contributed by atoms with E-state index in [1.54, 1.807) is 28.9 Å². The molecule has 5 aliphatic rings. The minimum Gasteiger partial charge on any atom is -0.477 e. The first-order valence-corrected chi connectivity index (χ1v) is 16.8. The Bertz CT molecular complexity index is 1590. The van der Waals surface area contributed by atoms with E-state index in [-0.39, 0.29) is 5.54 Å². The fourth-order valence-electron chi connectivity index (χ4n) is 8.47. The van der Waals surface area contributed by atoms with Gasteiger partial charge >= 0.3 is 0 Å². The number of rotatable bonds is 5. The van der Waals surface area contributed by atoms with Crippen LogP contribution < -0.4 is 19.7 Å². The normalized spacial score (nSPS) is 26.2. The van der Waals surface area contributed by atoms with Gasteiger partial charge in [-0.2, -0.15) is 0 Å². The van der Waals surface area contributed by atoms with Crippen molar-refractivity contribution in [3.05, 3.63) is 48.2 Å². The standard InChI is InChI=1S/C32H39N7O3S/c1-30(2)19-21-5-4-16-33-24-6-3-7-27(34-24)43(41)37-29(40)22-8-9-25(35-28(22)38(30)20-21)39-17-10-26(36-39)42-18-11-23-31(12-13-31)32(23)14-15-32/h3,6-10,17,21,23H,4-5,11-16,18-20H2,1-2H3,(H,33,34)(H,37,40).